The van der Waals surface area contributed by atoms with Crippen molar-refractivity contribution in [1.29, 1.82) is 0 Å². The van der Waals surface area contributed by atoms with Crippen LogP contribution in [0.4, 0.5) is 0 Å². The van der Waals surface area contributed by atoms with Crippen LogP contribution in [0.5, 0.6) is 0 Å². The highest BCUT2D eigenvalue weighted by atomic mass is 16.4. The second-order valence-electron chi connectivity index (χ2n) is 4.06. The molecule has 2 aromatic rings. The molecule has 0 radical (unpaired) electrons. The number of carboxylic acid groups (broad SMARTS) is 1. The van der Waals surface area contributed by atoms with Gasteiger partial charge in [-0.3, -0.25) is 0 Å². The first-order chi connectivity index (χ1) is 9.25. The van der Waals surface area contributed by atoms with E-state index in [1.807, 2.05) is 54.6 Å². The van der Waals surface area contributed by atoms with Gasteiger partial charge in [0.25, 0.3) is 0 Å². The lowest BCUT2D eigenvalue weighted by Gasteiger charge is -1.95. The second kappa shape index (κ2) is 6.36. The lowest BCUT2D eigenvalue weighted by molar-refractivity contribution is 0.0697. The molecule has 0 atom stereocenters. The molecule has 2 nitrogen and oxygen atoms in total. The van der Waals surface area contributed by atoms with Crippen molar-refractivity contribution in [1.82, 2.24) is 0 Å². The maximum absolute atomic E-state index is 10.7. The number of carbonyl (C=O) groups is 1. The number of hydrogen-bond acceptors (Lipinski definition) is 1. The molecule has 19 heavy (non-hydrogen) atoms. The van der Waals surface area contributed by atoms with Gasteiger partial charge in [-0.05, 0) is 23.3 Å². The monoisotopic (exact) mass is 250 g/mol. The fourth-order valence-electron chi connectivity index (χ4n) is 1.63. The van der Waals surface area contributed by atoms with Gasteiger partial charge in [-0.2, -0.15) is 0 Å². The summed E-state index contributed by atoms with van der Waals surface area (Å²) in [5.74, 6) is -0.903. The number of allylic oxidation sites excluding steroid dienone is 2. The summed E-state index contributed by atoms with van der Waals surface area (Å²) in [5, 5.41) is 8.79. The van der Waals surface area contributed by atoms with Crippen LogP contribution in [0.15, 0.2) is 66.7 Å². The first-order valence-corrected chi connectivity index (χ1v) is 5.99. The number of aromatic carboxylic acids is 1. The summed E-state index contributed by atoms with van der Waals surface area (Å²) in [7, 11) is 0. The molecular formula is C17H14O2. The van der Waals surface area contributed by atoms with Crippen LogP contribution < -0.4 is 0 Å². The topological polar surface area (TPSA) is 37.3 Å². The third-order valence-electron chi connectivity index (χ3n) is 2.65. The van der Waals surface area contributed by atoms with Gasteiger partial charge in [-0.1, -0.05) is 66.8 Å². The average Bonchev–Trinajstić information content (AvgIpc) is 2.45. The van der Waals surface area contributed by atoms with E-state index in [2.05, 4.69) is 0 Å². The fraction of sp³-hybridized carbons (Fsp3) is 0. The molecule has 0 unspecified atom stereocenters. The van der Waals surface area contributed by atoms with Gasteiger partial charge < -0.3 is 5.11 Å². The molecule has 2 heteroatoms. The van der Waals surface area contributed by atoms with E-state index in [9.17, 15) is 4.79 Å². The first-order valence-electron chi connectivity index (χ1n) is 5.99. The Hall–Kier alpha value is -2.61. The summed E-state index contributed by atoms with van der Waals surface area (Å²) in [4.78, 5) is 10.7. The van der Waals surface area contributed by atoms with Gasteiger partial charge in [0.15, 0.2) is 0 Å². The molecular weight excluding hydrogens is 236 g/mol. The van der Waals surface area contributed by atoms with Gasteiger partial charge in [0, 0.05) is 0 Å². The van der Waals surface area contributed by atoms with Crippen LogP contribution in [0.3, 0.4) is 0 Å². The van der Waals surface area contributed by atoms with Gasteiger partial charge in [0.1, 0.15) is 0 Å². The minimum Gasteiger partial charge on any atom is -0.478 e. The van der Waals surface area contributed by atoms with E-state index in [0.29, 0.717) is 5.56 Å². The van der Waals surface area contributed by atoms with E-state index in [4.69, 9.17) is 5.11 Å². The molecule has 0 saturated heterocycles. The van der Waals surface area contributed by atoms with E-state index in [1.54, 1.807) is 24.3 Å². The van der Waals surface area contributed by atoms with Crippen LogP contribution in [-0.2, 0) is 0 Å². The first kappa shape index (κ1) is 12.8. The van der Waals surface area contributed by atoms with Crippen LogP contribution >= 0.6 is 0 Å². The average molecular weight is 250 g/mol. The summed E-state index contributed by atoms with van der Waals surface area (Å²) in [6.07, 6.45) is 7.84. The Bertz CT molecular complexity index is 593. The predicted octanol–water partition coefficient (Wildman–Crippen LogP) is 4.11. The highest BCUT2D eigenvalue weighted by Crippen LogP contribution is 2.07. The van der Waals surface area contributed by atoms with Crippen molar-refractivity contribution < 1.29 is 9.90 Å². The van der Waals surface area contributed by atoms with Crippen LogP contribution in [0, 0.1) is 0 Å². The zero-order chi connectivity index (χ0) is 13.5. The molecule has 0 bridgehead atoms. The molecule has 0 heterocycles. The van der Waals surface area contributed by atoms with Crippen molar-refractivity contribution in [2.75, 3.05) is 0 Å². The SMILES string of the molecule is O=C(O)c1ccc(/C=C/C=C/c2ccccc2)cc1. The Labute approximate surface area is 112 Å². The molecule has 0 aromatic heterocycles. The molecule has 0 aliphatic carbocycles. The zero-order valence-corrected chi connectivity index (χ0v) is 10.4. The molecule has 0 fully saturated rings. The largest absolute Gasteiger partial charge is 0.478 e. The van der Waals surface area contributed by atoms with Crippen LogP contribution in [0.25, 0.3) is 12.2 Å². The number of hydrogen-bond donors (Lipinski definition) is 1. The van der Waals surface area contributed by atoms with Crippen molar-refractivity contribution in [2.45, 2.75) is 0 Å². The van der Waals surface area contributed by atoms with Crippen LogP contribution in [0.1, 0.15) is 21.5 Å². The Morgan fingerprint density at radius 3 is 1.84 bits per heavy atom. The van der Waals surface area contributed by atoms with Gasteiger partial charge in [0.05, 0.1) is 5.56 Å². The minimum absolute atomic E-state index is 0.303. The Kier molecular flexibility index (Phi) is 4.29. The van der Waals surface area contributed by atoms with Crippen LogP contribution in [0.2, 0.25) is 0 Å². The lowest BCUT2D eigenvalue weighted by atomic mass is 10.1. The van der Waals surface area contributed by atoms with E-state index in [1.165, 1.54) is 0 Å². The van der Waals surface area contributed by atoms with E-state index >= 15 is 0 Å². The summed E-state index contributed by atoms with van der Waals surface area (Å²) < 4.78 is 0. The smallest absolute Gasteiger partial charge is 0.335 e. The molecule has 0 aliphatic heterocycles. The Morgan fingerprint density at radius 1 is 0.789 bits per heavy atom. The lowest BCUT2D eigenvalue weighted by Crippen LogP contribution is -1.94. The quantitative estimate of drug-likeness (QED) is 0.829. The molecule has 0 amide bonds. The third-order valence-corrected chi connectivity index (χ3v) is 2.65. The second-order valence-corrected chi connectivity index (χ2v) is 4.06. The fourth-order valence-corrected chi connectivity index (χ4v) is 1.63. The highest BCUT2D eigenvalue weighted by Gasteiger charge is 1.99. The standard InChI is InChI=1S/C17H14O2/c18-17(19)16-12-10-15(11-13-16)9-5-4-8-14-6-2-1-3-7-14/h1-13H,(H,18,19)/b8-4+,9-5+. The van der Waals surface area contributed by atoms with Gasteiger partial charge in [0.2, 0.25) is 0 Å². The zero-order valence-electron chi connectivity index (χ0n) is 10.4. The summed E-state index contributed by atoms with van der Waals surface area (Å²) >= 11 is 0. The Balaban J connectivity index is 1.99. The molecule has 94 valence electrons. The van der Waals surface area contributed by atoms with Crippen molar-refractivity contribution in [2.24, 2.45) is 0 Å². The number of rotatable bonds is 4. The van der Waals surface area contributed by atoms with Crippen molar-refractivity contribution >= 4 is 18.1 Å². The highest BCUT2D eigenvalue weighted by molar-refractivity contribution is 5.87. The van der Waals surface area contributed by atoms with E-state index < -0.39 is 5.97 Å². The van der Waals surface area contributed by atoms with E-state index in [-0.39, 0.29) is 0 Å². The molecule has 0 spiro atoms. The molecule has 1 N–H and O–H groups in total. The Morgan fingerprint density at radius 2 is 1.32 bits per heavy atom. The van der Waals surface area contributed by atoms with Gasteiger partial charge in [-0.25, -0.2) is 4.79 Å². The van der Waals surface area contributed by atoms with Crippen molar-refractivity contribution in [3.63, 3.8) is 0 Å². The van der Waals surface area contributed by atoms with Crippen molar-refractivity contribution in [3.8, 4) is 0 Å². The minimum atomic E-state index is -0.903. The van der Waals surface area contributed by atoms with Crippen LogP contribution in [-0.4, -0.2) is 11.1 Å². The summed E-state index contributed by atoms with van der Waals surface area (Å²) in [6.45, 7) is 0. The summed E-state index contributed by atoms with van der Waals surface area (Å²) in [6, 6.07) is 16.8. The van der Waals surface area contributed by atoms with E-state index in [0.717, 1.165) is 11.1 Å². The van der Waals surface area contributed by atoms with Gasteiger partial charge in [-0.15, -0.1) is 0 Å². The molecule has 0 aliphatic rings. The predicted molar refractivity (Wildman–Crippen MR) is 77.9 cm³/mol. The molecule has 0 saturated carbocycles. The maximum atomic E-state index is 10.7. The normalized spacial score (nSPS) is 11.2. The number of benzene rings is 2. The van der Waals surface area contributed by atoms with Crippen molar-refractivity contribution in [3.05, 3.63) is 83.4 Å². The number of carboxylic acids is 1. The molecule has 2 rings (SSSR count). The summed E-state index contributed by atoms with van der Waals surface area (Å²) in [5.41, 5.74) is 2.42. The molecule has 2 aromatic carbocycles. The van der Waals surface area contributed by atoms with Gasteiger partial charge >= 0.3 is 5.97 Å². The third kappa shape index (κ3) is 3.96. The maximum Gasteiger partial charge on any atom is 0.335 e.